The van der Waals surface area contributed by atoms with Crippen molar-refractivity contribution in [1.82, 2.24) is 9.88 Å². The summed E-state index contributed by atoms with van der Waals surface area (Å²) in [5.41, 5.74) is 7.56. The van der Waals surface area contributed by atoms with Crippen LogP contribution >= 0.6 is 35.3 Å². The van der Waals surface area contributed by atoms with E-state index >= 15 is 0 Å². The average molecular weight is 557 g/mol. The Balaban J connectivity index is 0.00000231. The van der Waals surface area contributed by atoms with E-state index in [1.54, 1.807) is 11.3 Å². The number of ether oxygens (including phenoxy) is 3. The van der Waals surface area contributed by atoms with Crippen LogP contribution in [0.15, 0.2) is 34.8 Å². The second-order valence-electron chi connectivity index (χ2n) is 7.92. The Hall–Kier alpha value is -1.79. The van der Waals surface area contributed by atoms with Gasteiger partial charge in [0.2, 0.25) is 6.79 Å². The molecule has 8 nitrogen and oxygen atoms in total. The minimum atomic E-state index is -0.0907. The smallest absolute Gasteiger partial charge is 0.231 e. The first-order valence-electron chi connectivity index (χ1n) is 10.4. The van der Waals surface area contributed by atoms with E-state index in [0.29, 0.717) is 12.5 Å². The van der Waals surface area contributed by atoms with Gasteiger partial charge in [-0.25, -0.2) is 4.98 Å². The number of guanidine groups is 1. The quantitative estimate of drug-likeness (QED) is 0.352. The molecule has 2 aromatic rings. The van der Waals surface area contributed by atoms with Crippen molar-refractivity contribution in [3.63, 3.8) is 0 Å². The van der Waals surface area contributed by atoms with Crippen LogP contribution in [0.1, 0.15) is 18.4 Å². The summed E-state index contributed by atoms with van der Waals surface area (Å²) in [6.45, 7) is 5.92. The molecular formula is C21H28IN5O3S. The molecule has 0 atom stereocenters. The van der Waals surface area contributed by atoms with Gasteiger partial charge in [-0.3, -0.25) is 4.99 Å². The van der Waals surface area contributed by atoms with E-state index in [1.807, 2.05) is 17.6 Å². The summed E-state index contributed by atoms with van der Waals surface area (Å²) in [6.07, 6.45) is 3.69. The molecule has 168 valence electrons. The summed E-state index contributed by atoms with van der Waals surface area (Å²) in [6, 6.07) is 6.24. The van der Waals surface area contributed by atoms with Crippen molar-refractivity contribution in [2.75, 3.05) is 57.6 Å². The number of rotatable bonds is 4. The molecule has 4 heterocycles. The number of piperazine rings is 1. The lowest BCUT2D eigenvalue weighted by Gasteiger charge is -2.38. The first kappa shape index (κ1) is 22.4. The van der Waals surface area contributed by atoms with Crippen molar-refractivity contribution in [1.29, 1.82) is 0 Å². The summed E-state index contributed by atoms with van der Waals surface area (Å²) < 4.78 is 16.7. The molecular weight excluding hydrogens is 529 g/mol. The van der Waals surface area contributed by atoms with Crippen LogP contribution in [0, 0.1) is 0 Å². The van der Waals surface area contributed by atoms with Crippen molar-refractivity contribution in [3.05, 3.63) is 35.3 Å². The highest BCUT2D eigenvalue weighted by Crippen LogP contribution is 2.41. The lowest BCUT2D eigenvalue weighted by Crippen LogP contribution is -2.51. The zero-order valence-corrected chi connectivity index (χ0v) is 20.5. The first-order valence-corrected chi connectivity index (χ1v) is 11.3. The zero-order chi connectivity index (χ0) is 20.4. The van der Waals surface area contributed by atoms with Crippen molar-refractivity contribution in [3.8, 4) is 11.5 Å². The molecule has 0 unspecified atom stereocenters. The standard InChI is InChI=1S/C21H27N5O3S.HI/c22-19(25-6-8-26(9-7-25)20-23-5-12-30-20)24-14-21(3-10-27-11-4-21)16-1-2-17-18(13-16)29-15-28-17;/h1-2,5,12-13H,3-4,6-11,14-15H2,(H2,22,24);1H. The number of thiazole rings is 1. The van der Waals surface area contributed by atoms with Crippen LogP contribution < -0.4 is 20.1 Å². The number of hydrogen-bond donors (Lipinski definition) is 1. The number of nitrogens with two attached hydrogens (primary N) is 1. The number of hydrogen-bond acceptors (Lipinski definition) is 7. The molecule has 2 fully saturated rings. The molecule has 3 aliphatic rings. The molecule has 0 spiro atoms. The third kappa shape index (κ3) is 4.70. The molecule has 0 saturated carbocycles. The fraction of sp³-hybridized carbons (Fsp3) is 0.524. The van der Waals surface area contributed by atoms with Gasteiger partial charge in [-0.05, 0) is 30.5 Å². The number of fused-ring (bicyclic) bond motifs is 1. The summed E-state index contributed by atoms with van der Waals surface area (Å²) in [5, 5.41) is 3.09. The zero-order valence-electron chi connectivity index (χ0n) is 17.4. The van der Waals surface area contributed by atoms with Gasteiger partial charge < -0.3 is 29.7 Å². The number of benzene rings is 1. The third-order valence-corrected chi connectivity index (χ3v) is 7.10. The van der Waals surface area contributed by atoms with E-state index in [0.717, 1.165) is 68.9 Å². The maximum atomic E-state index is 6.43. The molecule has 2 saturated heterocycles. The fourth-order valence-electron chi connectivity index (χ4n) is 4.36. The second-order valence-corrected chi connectivity index (χ2v) is 8.80. The first-order chi connectivity index (χ1) is 14.7. The number of nitrogens with zero attached hydrogens (tertiary/aromatic N) is 4. The van der Waals surface area contributed by atoms with Gasteiger partial charge in [0.15, 0.2) is 22.6 Å². The molecule has 3 aliphatic heterocycles. The van der Waals surface area contributed by atoms with Gasteiger partial charge in [0.05, 0.1) is 6.54 Å². The summed E-state index contributed by atoms with van der Waals surface area (Å²) >= 11 is 1.68. The Kier molecular flexibility index (Phi) is 7.07. The molecule has 5 rings (SSSR count). The van der Waals surface area contributed by atoms with E-state index in [-0.39, 0.29) is 36.2 Å². The van der Waals surface area contributed by atoms with Gasteiger partial charge in [-0.2, -0.15) is 0 Å². The summed E-state index contributed by atoms with van der Waals surface area (Å²) in [5.74, 6) is 2.25. The molecule has 10 heteroatoms. The molecule has 0 aliphatic carbocycles. The van der Waals surface area contributed by atoms with Crippen molar-refractivity contribution in [2.45, 2.75) is 18.3 Å². The third-order valence-electron chi connectivity index (χ3n) is 6.27. The van der Waals surface area contributed by atoms with E-state index in [1.165, 1.54) is 5.56 Å². The lowest BCUT2D eigenvalue weighted by molar-refractivity contribution is 0.0529. The van der Waals surface area contributed by atoms with Gasteiger partial charge in [0.25, 0.3) is 0 Å². The van der Waals surface area contributed by atoms with Crippen molar-refractivity contribution < 1.29 is 14.2 Å². The molecule has 2 N–H and O–H groups in total. The summed E-state index contributed by atoms with van der Waals surface area (Å²) in [4.78, 5) is 13.8. The Bertz CT molecular complexity index is 896. The van der Waals surface area contributed by atoms with Gasteiger partial charge in [0, 0.05) is 56.4 Å². The average Bonchev–Trinajstić information content (AvgIpc) is 3.50. The number of halogens is 1. The van der Waals surface area contributed by atoms with Crippen LogP contribution in [0.25, 0.3) is 0 Å². The van der Waals surface area contributed by atoms with Crippen LogP contribution in [0.5, 0.6) is 11.5 Å². The number of anilines is 1. The van der Waals surface area contributed by atoms with Crippen molar-refractivity contribution in [2.24, 2.45) is 10.7 Å². The van der Waals surface area contributed by atoms with E-state index in [9.17, 15) is 0 Å². The minimum absolute atomic E-state index is 0. The van der Waals surface area contributed by atoms with Crippen LogP contribution in [0.4, 0.5) is 5.13 Å². The maximum absolute atomic E-state index is 6.43. The highest BCUT2D eigenvalue weighted by atomic mass is 127. The highest BCUT2D eigenvalue weighted by molar-refractivity contribution is 14.0. The summed E-state index contributed by atoms with van der Waals surface area (Å²) in [7, 11) is 0. The lowest BCUT2D eigenvalue weighted by atomic mass is 9.74. The van der Waals surface area contributed by atoms with Crippen LogP contribution in [-0.4, -0.2) is 68.6 Å². The largest absolute Gasteiger partial charge is 0.454 e. The monoisotopic (exact) mass is 557 g/mol. The van der Waals surface area contributed by atoms with Crippen LogP contribution in [0.3, 0.4) is 0 Å². The van der Waals surface area contributed by atoms with Gasteiger partial charge in [-0.1, -0.05) is 6.07 Å². The number of aliphatic imine (C=N–C) groups is 1. The predicted octanol–water partition coefficient (Wildman–Crippen LogP) is 2.67. The Labute approximate surface area is 203 Å². The van der Waals surface area contributed by atoms with E-state index in [2.05, 4.69) is 26.9 Å². The number of aromatic nitrogens is 1. The molecule has 0 radical (unpaired) electrons. The van der Waals surface area contributed by atoms with Gasteiger partial charge in [0.1, 0.15) is 0 Å². The Morgan fingerprint density at radius 3 is 2.65 bits per heavy atom. The van der Waals surface area contributed by atoms with Gasteiger partial charge >= 0.3 is 0 Å². The predicted molar refractivity (Wildman–Crippen MR) is 132 cm³/mol. The molecule has 0 bridgehead atoms. The Morgan fingerprint density at radius 2 is 1.90 bits per heavy atom. The van der Waals surface area contributed by atoms with E-state index < -0.39 is 0 Å². The highest BCUT2D eigenvalue weighted by Gasteiger charge is 2.36. The SMILES string of the molecule is I.NC(=NCC1(c2ccc3c(c2)OCO3)CCOCC1)N1CCN(c2nccs2)CC1. The molecule has 31 heavy (non-hydrogen) atoms. The van der Waals surface area contributed by atoms with Crippen molar-refractivity contribution >= 4 is 46.4 Å². The Morgan fingerprint density at radius 1 is 1.13 bits per heavy atom. The maximum Gasteiger partial charge on any atom is 0.231 e. The molecule has 1 aromatic heterocycles. The van der Waals surface area contributed by atoms with Gasteiger partial charge in [-0.15, -0.1) is 35.3 Å². The second kappa shape index (κ2) is 9.78. The topological polar surface area (TPSA) is 85.4 Å². The van der Waals surface area contributed by atoms with Crippen LogP contribution in [-0.2, 0) is 10.2 Å². The molecule has 0 amide bonds. The minimum Gasteiger partial charge on any atom is -0.454 e. The fourth-order valence-corrected chi connectivity index (χ4v) is 5.05. The van der Waals surface area contributed by atoms with Crippen LogP contribution in [0.2, 0.25) is 0 Å². The van der Waals surface area contributed by atoms with E-state index in [4.69, 9.17) is 24.9 Å². The molecule has 1 aromatic carbocycles. The normalized spacial score (nSPS) is 20.5.